The molecule has 1 amide bonds. The van der Waals surface area contributed by atoms with Gasteiger partial charge in [-0.25, -0.2) is 0 Å². The molecule has 1 N–H and O–H groups in total. The summed E-state index contributed by atoms with van der Waals surface area (Å²) >= 11 is 0. The lowest BCUT2D eigenvalue weighted by Crippen LogP contribution is -2.29. The quantitative estimate of drug-likeness (QED) is 0.911. The first-order valence-electron chi connectivity index (χ1n) is 7.12. The van der Waals surface area contributed by atoms with Crippen LogP contribution in [0.2, 0.25) is 0 Å². The molecule has 0 bridgehead atoms. The molecule has 0 atom stereocenters. The van der Waals surface area contributed by atoms with E-state index in [1.807, 2.05) is 52.0 Å². The summed E-state index contributed by atoms with van der Waals surface area (Å²) < 4.78 is 5.91. The number of carbonyl (C=O) groups excluding carboxylic acids is 1. The average Bonchev–Trinajstić information content (AvgIpc) is 2.42. The molecule has 3 nitrogen and oxygen atoms in total. The second kappa shape index (κ2) is 6.44. The summed E-state index contributed by atoms with van der Waals surface area (Å²) in [5, 5.41) is 2.88. The number of benzene rings is 2. The molecule has 0 fully saturated rings. The maximum absolute atomic E-state index is 12.0. The lowest BCUT2D eigenvalue weighted by molar-refractivity contribution is 0.0943. The highest BCUT2D eigenvalue weighted by molar-refractivity contribution is 5.94. The van der Waals surface area contributed by atoms with E-state index in [0.717, 1.165) is 16.9 Å². The Morgan fingerprint density at radius 3 is 2.57 bits per heavy atom. The number of hydrogen-bond acceptors (Lipinski definition) is 2. The van der Waals surface area contributed by atoms with E-state index in [1.165, 1.54) is 0 Å². The third-order valence-electron chi connectivity index (χ3n) is 3.09. The second-order valence-corrected chi connectivity index (χ2v) is 5.53. The van der Waals surface area contributed by atoms with Crippen LogP contribution in [0.1, 0.15) is 35.3 Å². The van der Waals surface area contributed by atoms with Crippen LogP contribution in [0.25, 0.3) is 0 Å². The number of amides is 1. The molecule has 0 saturated carbocycles. The molecule has 0 unspecified atom stereocenters. The van der Waals surface area contributed by atoms with Gasteiger partial charge in [-0.05, 0) is 63.1 Å². The lowest BCUT2D eigenvalue weighted by Gasteiger charge is -2.12. The Balaban J connectivity index is 2.21. The number of hydrogen-bond donors (Lipinski definition) is 1. The van der Waals surface area contributed by atoms with Crippen LogP contribution in [0, 0.1) is 13.8 Å². The topological polar surface area (TPSA) is 38.3 Å². The van der Waals surface area contributed by atoms with E-state index in [4.69, 9.17) is 4.74 Å². The smallest absolute Gasteiger partial charge is 0.251 e. The molecule has 2 rings (SSSR count). The maximum atomic E-state index is 12.0. The molecule has 2 aromatic rings. The largest absolute Gasteiger partial charge is 0.457 e. The van der Waals surface area contributed by atoms with Gasteiger partial charge in [0.25, 0.3) is 5.91 Å². The summed E-state index contributed by atoms with van der Waals surface area (Å²) in [6.45, 7) is 7.91. The molecule has 0 aliphatic rings. The molecule has 110 valence electrons. The normalized spacial score (nSPS) is 10.5. The van der Waals surface area contributed by atoms with Gasteiger partial charge < -0.3 is 10.1 Å². The Morgan fingerprint density at radius 1 is 1.10 bits per heavy atom. The van der Waals surface area contributed by atoms with Gasteiger partial charge in [-0.1, -0.05) is 18.2 Å². The second-order valence-electron chi connectivity index (χ2n) is 5.53. The molecular weight excluding hydrogens is 262 g/mol. The third-order valence-corrected chi connectivity index (χ3v) is 3.09. The monoisotopic (exact) mass is 283 g/mol. The maximum Gasteiger partial charge on any atom is 0.251 e. The van der Waals surface area contributed by atoms with E-state index in [2.05, 4.69) is 11.4 Å². The SMILES string of the molecule is Cc1ccc(C)c(Oc2cccc(C(=O)NC(C)C)c2)c1. The van der Waals surface area contributed by atoms with Crippen molar-refractivity contribution >= 4 is 5.91 Å². The minimum atomic E-state index is -0.0867. The van der Waals surface area contributed by atoms with Crippen LogP contribution in [0.4, 0.5) is 0 Å². The van der Waals surface area contributed by atoms with Crippen molar-refractivity contribution in [3.8, 4) is 11.5 Å². The van der Waals surface area contributed by atoms with Crippen molar-refractivity contribution in [2.24, 2.45) is 0 Å². The fraction of sp³-hybridized carbons (Fsp3) is 0.278. The van der Waals surface area contributed by atoms with E-state index in [9.17, 15) is 4.79 Å². The van der Waals surface area contributed by atoms with Crippen LogP contribution in [0.3, 0.4) is 0 Å². The fourth-order valence-corrected chi connectivity index (χ4v) is 1.99. The van der Waals surface area contributed by atoms with Crippen molar-refractivity contribution < 1.29 is 9.53 Å². The van der Waals surface area contributed by atoms with Gasteiger partial charge in [0.2, 0.25) is 0 Å². The third kappa shape index (κ3) is 4.09. The van der Waals surface area contributed by atoms with Crippen molar-refractivity contribution in [3.63, 3.8) is 0 Å². The molecule has 2 aromatic carbocycles. The summed E-state index contributed by atoms with van der Waals surface area (Å²) in [7, 11) is 0. The molecule has 3 heteroatoms. The van der Waals surface area contributed by atoms with E-state index < -0.39 is 0 Å². The summed E-state index contributed by atoms with van der Waals surface area (Å²) in [5.74, 6) is 1.40. The van der Waals surface area contributed by atoms with Crippen molar-refractivity contribution in [3.05, 3.63) is 59.2 Å². The zero-order valence-electron chi connectivity index (χ0n) is 12.9. The molecule has 0 spiro atoms. The van der Waals surface area contributed by atoms with Crippen LogP contribution in [-0.2, 0) is 0 Å². The first-order chi connectivity index (χ1) is 9.95. The molecule has 21 heavy (non-hydrogen) atoms. The van der Waals surface area contributed by atoms with Gasteiger partial charge in [0.05, 0.1) is 0 Å². The van der Waals surface area contributed by atoms with Crippen LogP contribution in [0.15, 0.2) is 42.5 Å². The fourth-order valence-electron chi connectivity index (χ4n) is 1.99. The predicted octanol–water partition coefficient (Wildman–Crippen LogP) is 4.23. The first-order valence-corrected chi connectivity index (χ1v) is 7.12. The van der Waals surface area contributed by atoms with Gasteiger partial charge in [-0.2, -0.15) is 0 Å². The standard InChI is InChI=1S/C18H21NO2/c1-12(2)19-18(20)15-6-5-7-16(11-15)21-17-10-13(3)8-9-14(17)4/h5-12H,1-4H3,(H,19,20). The summed E-state index contributed by atoms with van der Waals surface area (Å²) in [6, 6.07) is 13.4. The van der Waals surface area contributed by atoms with E-state index >= 15 is 0 Å². The Hall–Kier alpha value is -2.29. The van der Waals surface area contributed by atoms with Gasteiger partial charge in [-0.15, -0.1) is 0 Å². The van der Waals surface area contributed by atoms with Crippen LogP contribution < -0.4 is 10.1 Å². The van der Waals surface area contributed by atoms with Crippen molar-refractivity contribution in [1.82, 2.24) is 5.32 Å². The van der Waals surface area contributed by atoms with Gasteiger partial charge in [0, 0.05) is 11.6 Å². The molecule has 0 saturated heterocycles. The van der Waals surface area contributed by atoms with Crippen molar-refractivity contribution in [1.29, 1.82) is 0 Å². The molecule has 0 aliphatic carbocycles. The molecule has 0 radical (unpaired) electrons. The van der Waals surface area contributed by atoms with Crippen LogP contribution in [0.5, 0.6) is 11.5 Å². The Labute approximate surface area is 126 Å². The average molecular weight is 283 g/mol. The van der Waals surface area contributed by atoms with Gasteiger partial charge in [0.15, 0.2) is 0 Å². The minimum absolute atomic E-state index is 0.0867. The molecule has 0 aliphatic heterocycles. The highest BCUT2D eigenvalue weighted by Crippen LogP contribution is 2.26. The highest BCUT2D eigenvalue weighted by atomic mass is 16.5. The van der Waals surface area contributed by atoms with E-state index in [0.29, 0.717) is 11.3 Å². The number of rotatable bonds is 4. The molecule has 0 aromatic heterocycles. The van der Waals surface area contributed by atoms with Crippen molar-refractivity contribution in [2.45, 2.75) is 33.7 Å². The summed E-state index contributed by atoms with van der Waals surface area (Å²) in [6.07, 6.45) is 0. The summed E-state index contributed by atoms with van der Waals surface area (Å²) in [4.78, 5) is 12.0. The van der Waals surface area contributed by atoms with Crippen LogP contribution in [-0.4, -0.2) is 11.9 Å². The zero-order valence-corrected chi connectivity index (χ0v) is 12.9. The molecular formula is C18H21NO2. The summed E-state index contributed by atoms with van der Waals surface area (Å²) in [5.41, 5.74) is 2.81. The zero-order chi connectivity index (χ0) is 15.4. The Morgan fingerprint density at radius 2 is 1.86 bits per heavy atom. The molecule has 0 heterocycles. The number of nitrogens with one attached hydrogen (secondary N) is 1. The number of aryl methyl sites for hydroxylation is 2. The van der Waals surface area contributed by atoms with E-state index in [-0.39, 0.29) is 11.9 Å². The predicted molar refractivity (Wildman–Crippen MR) is 85.0 cm³/mol. The Kier molecular flexibility index (Phi) is 4.63. The van der Waals surface area contributed by atoms with Gasteiger partial charge >= 0.3 is 0 Å². The van der Waals surface area contributed by atoms with Gasteiger partial charge in [-0.3, -0.25) is 4.79 Å². The Bertz CT molecular complexity index is 647. The minimum Gasteiger partial charge on any atom is -0.457 e. The highest BCUT2D eigenvalue weighted by Gasteiger charge is 2.09. The first kappa shape index (κ1) is 15.1. The van der Waals surface area contributed by atoms with Crippen LogP contribution >= 0.6 is 0 Å². The van der Waals surface area contributed by atoms with Crippen molar-refractivity contribution in [2.75, 3.05) is 0 Å². The number of ether oxygens (including phenoxy) is 1. The van der Waals surface area contributed by atoms with Gasteiger partial charge in [0.1, 0.15) is 11.5 Å². The number of carbonyl (C=O) groups is 1. The van der Waals surface area contributed by atoms with E-state index in [1.54, 1.807) is 12.1 Å². The lowest BCUT2D eigenvalue weighted by atomic mass is 10.1.